The summed E-state index contributed by atoms with van der Waals surface area (Å²) in [5.41, 5.74) is 7.13. The second-order valence-electron chi connectivity index (χ2n) is 4.49. The van der Waals surface area contributed by atoms with E-state index in [1.54, 1.807) is 23.3 Å². The van der Waals surface area contributed by atoms with Crippen LogP contribution in [0.3, 0.4) is 0 Å². The van der Waals surface area contributed by atoms with Gasteiger partial charge in [-0.15, -0.1) is 0 Å². The van der Waals surface area contributed by atoms with Crippen molar-refractivity contribution >= 4 is 17.4 Å². The van der Waals surface area contributed by atoms with E-state index >= 15 is 0 Å². The van der Waals surface area contributed by atoms with E-state index in [4.69, 9.17) is 5.73 Å². The van der Waals surface area contributed by atoms with Gasteiger partial charge in [-0.2, -0.15) is 5.10 Å². The Kier molecular flexibility index (Phi) is 3.73. The van der Waals surface area contributed by atoms with Gasteiger partial charge < -0.3 is 11.1 Å². The van der Waals surface area contributed by atoms with Gasteiger partial charge in [0.2, 0.25) is 0 Å². The highest BCUT2D eigenvalue weighted by atomic mass is 16.1. The van der Waals surface area contributed by atoms with Crippen LogP contribution >= 0.6 is 0 Å². The molecule has 0 bridgehead atoms. The summed E-state index contributed by atoms with van der Waals surface area (Å²) >= 11 is 0. The number of hydrogen-bond acceptors (Lipinski definition) is 6. The van der Waals surface area contributed by atoms with Gasteiger partial charge in [-0.1, -0.05) is 6.07 Å². The summed E-state index contributed by atoms with van der Waals surface area (Å²) in [5.74, 6) is -0.344. The first-order valence-corrected chi connectivity index (χ1v) is 6.52. The van der Waals surface area contributed by atoms with Crippen molar-refractivity contribution in [2.45, 2.75) is 6.54 Å². The average molecular weight is 295 g/mol. The second kappa shape index (κ2) is 6.00. The first kappa shape index (κ1) is 13.7. The van der Waals surface area contributed by atoms with Crippen LogP contribution in [0.25, 0.3) is 0 Å². The zero-order valence-corrected chi connectivity index (χ0v) is 11.5. The Hall–Kier alpha value is -3.29. The Morgan fingerprint density at radius 1 is 1.18 bits per heavy atom. The third-order valence-corrected chi connectivity index (χ3v) is 2.88. The van der Waals surface area contributed by atoms with E-state index < -0.39 is 5.91 Å². The van der Waals surface area contributed by atoms with Crippen LogP contribution in [0, 0.1) is 0 Å². The van der Waals surface area contributed by atoms with E-state index in [-0.39, 0.29) is 11.5 Å². The van der Waals surface area contributed by atoms with Crippen molar-refractivity contribution in [2.24, 2.45) is 0 Å². The van der Waals surface area contributed by atoms with Gasteiger partial charge in [0.15, 0.2) is 11.5 Å². The van der Waals surface area contributed by atoms with Gasteiger partial charge in [-0.25, -0.2) is 9.97 Å². The van der Waals surface area contributed by atoms with Gasteiger partial charge in [-0.05, 0) is 12.1 Å². The van der Waals surface area contributed by atoms with E-state index in [9.17, 15) is 4.79 Å². The Balaban J connectivity index is 1.69. The van der Waals surface area contributed by atoms with Crippen LogP contribution in [0.5, 0.6) is 0 Å². The molecule has 8 heteroatoms. The number of pyridine rings is 1. The van der Waals surface area contributed by atoms with Gasteiger partial charge >= 0.3 is 0 Å². The van der Waals surface area contributed by atoms with Crippen LogP contribution in [0.15, 0.2) is 49.2 Å². The maximum absolute atomic E-state index is 12.1. The van der Waals surface area contributed by atoms with Crippen LogP contribution in [0.4, 0.5) is 11.5 Å². The molecule has 0 saturated carbocycles. The molecular weight excluding hydrogens is 282 g/mol. The molecule has 0 aromatic carbocycles. The van der Waals surface area contributed by atoms with Gasteiger partial charge in [0.05, 0.1) is 24.1 Å². The Morgan fingerprint density at radius 2 is 2.05 bits per heavy atom. The molecule has 3 aromatic heterocycles. The van der Waals surface area contributed by atoms with Crippen molar-refractivity contribution in [2.75, 3.05) is 11.1 Å². The van der Waals surface area contributed by atoms with E-state index in [1.165, 1.54) is 12.4 Å². The normalized spacial score (nSPS) is 10.4. The molecule has 1 amide bonds. The summed E-state index contributed by atoms with van der Waals surface area (Å²) in [6.45, 7) is 0.518. The van der Waals surface area contributed by atoms with Gasteiger partial charge in [-0.3, -0.25) is 14.5 Å². The van der Waals surface area contributed by atoms with Crippen LogP contribution in [-0.2, 0) is 6.54 Å². The van der Waals surface area contributed by atoms with Gasteiger partial charge in [0.25, 0.3) is 5.91 Å². The first-order valence-electron chi connectivity index (χ1n) is 6.52. The number of amides is 1. The highest BCUT2D eigenvalue weighted by molar-refractivity contribution is 6.05. The number of rotatable bonds is 4. The van der Waals surface area contributed by atoms with Crippen molar-refractivity contribution in [1.29, 1.82) is 0 Å². The summed E-state index contributed by atoms with van der Waals surface area (Å²) in [6, 6.07) is 5.66. The third kappa shape index (κ3) is 3.06. The SMILES string of the molecule is Nc1nccnc1C(=O)Nc1cnn(Cc2ccccn2)c1. The molecule has 0 spiro atoms. The van der Waals surface area contributed by atoms with Crippen molar-refractivity contribution in [3.8, 4) is 0 Å². The zero-order chi connectivity index (χ0) is 15.4. The average Bonchev–Trinajstić information content (AvgIpc) is 2.95. The minimum atomic E-state index is -0.428. The summed E-state index contributed by atoms with van der Waals surface area (Å²) < 4.78 is 1.68. The van der Waals surface area contributed by atoms with E-state index in [2.05, 4.69) is 25.4 Å². The predicted octanol–water partition coefficient (Wildman–Crippen LogP) is 0.951. The molecule has 8 nitrogen and oxygen atoms in total. The smallest absolute Gasteiger partial charge is 0.278 e. The number of carbonyl (C=O) groups excluding carboxylic acids is 1. The first-order chi connectivity index (χ1) is 10.7. The molecule has 22 heavy (non-hydrogen) atoms. The van der Waals surface area contributed by atoms with Crippen molar-refractivity contribution in [3.05, 3.63) is 60.6 Å². The fourth-order valence-corrected chi connectivity index (χ4v) is 1.89. The molecular formula is C14H13N7O. The largest absolute Gasteiger partial charge is 0.382 e. The maximum atomic E-state index is 12.1. The van der Waals surface area contributed by atoms with E-state index in [0.717, 1.165) is 5.69 Å². The Morgan fingerprint density at radius 3 is 2.82 bits per heavy atom. The summed E-state index contributed by atoms with van der Waals surface area (Å²) in [7, 11) is 0. The minimum absolute atomic E-state index is 0.0833. The minimum Gasteiger partial charge on any atom is -0.382 e. The fourth-order valence-electron chi connectivity index (χ4n) is 1.89. The number of anilines is 2. The molecule has 110 valence electrons. The quantitative estimate of drug-likeness (QED) is 0.741. The number of aromatic nitrogens is 5. The fraction of sp³-hybridized carbons (Fsp3) is 0.0714. The van der Waals surface area contributed by atoms with Crippen LogP contribution in [-0.4, -0.2) is 30.6 Å². The van der Waals surface area contributed by atoms with Crippen molar-refractivity contribution in [3.63, 3.8) is 0 Å². The van der Waals surface area contributed by atoms with Crippen LogP contribution < -0.4 is 11.1 Å². The van der Waals surface area contributed by atoms with Crippen LogP contribution in [0.2, 0.25) is 0 Å². The third-order valence-electron chi connectivity index (χ3n) is 2.88. The molecule has 3 rings (SSSR count). The molecule has 3 heterocycles. The summed E-state index contributed by atoms with van der Waals surface area (Å²) in [6.07, 6.45) is 7.82. The number of nitrogen functional groups attached to an aromatic ring is 1. The molecule has 3 aromatic rings. The molecule has 0 unspecified atom stereocenters. The summed E-state index contributed by atoms with van der Waals surface area (Å²) in [4.78, 5) is 24.0. The molecule has 3 N–H and O–H groups in total. The highest BCUT2D eigenvalue weighted by Gasteiger charge is 2.13. The molecule has 0 saturated heterocycles. The number of nitrogens with zero attached hydrogens (tertiary/aromatic N) is 5. The zero-order valence-electron chi connectivity index (χ0n) is 11.5. The predicted molar refractivity (Wildman–Crippen MR) is 80.0 cm³/mol. The monoisotopic (exact) mass is 295 g/mol. The maximum Gasteiger partial charge on any atom is 0.278 e. The number of carbonyl (C=O) groups is 1. The number of nitrogens with one attached hydrogen (secondary N) is 1. The lowest BCUT2D eigenvalue weighted by atomic mass is 10.3. The molecule has 0 atom stereocenters. The van der Waals surface area contributed by atoms with E-state index in [1.807, 2.05) is 18.2 Å². The summed E-state index contributed by atoms with van der Waals surface area (Å²) in [5, 5.41) is 6.86. The lowest BCUT2D eigenvalue weighted by Crippen LogP contribution is -2.16. The topological polar surface area (TPSA) is 112 Å². The molecule has 0 fully saturated rings. The molecule has 0 aliphatic heterocycles. The van der Waals surface area contributed by atoms with Crippen molar-refractivity contribution in [1.82, 2.24) is 24.7 Å². The number of nitrogens with two attached hydrogens (primary N) is 1. The molecule has 0 aliphatic carbocycles. The van der Waals surface area contributed by atoms with Gasteiger partial charge in [0, 0.05) is 24.8 Å². The standard InChI is InChI=1S/C14H13N7O/c15-13-12(17-5-6-18-13)14(22)20-11-7-19-21(9-11)8-10-3-1-2-4-16-10/h1-7,9H,8H2,(H2,15,18)(H,20,22). The highest BCUT2D eigenvalue weighted by Crippen LogP contribution is 2.10. The lowest BCUT2D eigenvalue weighted by molar-refractivity contribution is 0.102. The Bertz CT molecular complexity index is 785. The molecule has 0 radical (unpaired) electrons. The Labute approximate surface area is 126 Å². The van der Waals surface area contributed by atoms with Crippen LogP contribution in [0.1, 0.15) is 16.2 Å². The van der Waals surface area contributed by atoms with Crippen molar-refractivity contribution < 1.29 is 4.79 Å². The molecule has 0 aliphatic rings. The lowest BCUT2D eigenvalue weighted by Gasteiger charge is -2.03. The number of hydrogen-bond donors (Lipinski definition) is 2. The van der Waals surface area contributed by atoms with E-state index in [0.29, 0.717) is 12.2 Å². The second-order valence-corrected chi connectivity index (χ2v) is 4.49. The van der Waals surface area contributed by atoms with Gasteiger partial charge in [0.1, 0.15) is 0 Å².